The average Bonchev–Trinajstić information content (AvgIpc) is 2.81. The highest BCUT2D eigenvalue weighted by atomic mass is 32.1. The Labute approximate surface area is 129 Å². The van der Waals surface area contributed by atoms with E-state index >= 15 is 0 Å². The summed E-state index contributed by atoms with van der Waals surface area (Å²) in [6.45, 7) is 6.29. The molecule has 1 amide bonds. The van der Waals surface area contributed by atoms with Gasteiger partial charge in [-0.2, -0.15) is 0 Å². The number of benzene rings is 1. The van der Waals surface area contributed by atoms with Gasteiger partial charge in [0.25, 0.3) is 5.91 Å². The molecule has 21 heavy (non-hydrogen) atoms. The van der Waals surface area contributed by atoms with E-state index in [0.29, 0.717) is 11.4 Å². The van der Waals surface area contributed by atoms with E-state index in [4.69, 9.17) is 5.73 Å². The number of carbonyl (C=O) groups is 1. The molecule has 0 aliphatic carbocycles. The van der Waals surface area contributed by atoms with Gasteiger partial charge in [0.2, 0.25) is 0 Å². The second kappa shape index (κ2) is 6.57. The van der Waals surface area contributed by atoms with Crippen molar-refractivity contribution in [2.75, 3.05) is 11.9 Å². The lowest BCUT2D eigenvalue weighted by molar-refractivity contribution is 0.103. The molecule has 2 rings (SSSR count). The number of rotatable bonds is 2. The number of hydrogen-bond acceptors (Lipinski definition) is 3. The molecule has 0 atom stereocenters. The highest BCUT2D eigenvalue weighted by Gasteiger charge is 2.12. The highest BCUT2D eigenvalue weighted by Crippen LogP contribution is 2.23. The van der Waals surface area contributed by atoms with Crippen molar-refractivity contribution in [3.63, 3.8) is 0 Å². The van der Waals surface area contributed by atoms with Gasteiger partial charge in [0.05, 0.1) is 16.3 Å². The van der Waals surface area contributed by atoms with Gasteiger partial charge < -0.3 is 11.1 Å². The van der Waals surface area contributed by atoms with Crippen molar-refractivity contribution >= 4 is 22.9 Å². The van der Waals surface area contributed by atoms with Crippen LogP contribution in [0.1, 0.15) is 31.2 Å². The first kappa shape index (κ1) is 15.3. The molecular formula is C17H18N2OS. The molecular weight excluding hydrogens is 280 g/mol. The molecule has 2 aromatic rings. The van der Waals surface area contributed by atoms with E-state index in [1.807, 2.05) is 45.0 Å². The molecule has 0 unspecified atom stereocenters. The zero-order chi connectivity index (χ0) is 15.4. The minimum absolute atomic E-state index is 0.101. The van der Waals surface area contributed by atoms with E-state index in [1.54, 1.807) is 0 Å². The first-order valence-corrected chi connectivity index (χ1v) is 7.51. The summed E-state index contributed by atoms with van der Waals surface area (Å²) in [5.74, 6) is 5.71. The smallest absolute Gasteiger partial charge is 0.265 e. The van der Waals surface area contributed by atoms with Gasteiger partial charge in [0, 0.05) is 5.69 Å². The SMILES string of the molecule is Cc1ccc(NC(=O)c2cc(C)c(C#CCN)s2)c(C)c1. The molecule has 0 bridgehead atoms. The Bertz CT molecular complexity index is 735. The monoisotopic (exact) mass is 298 g/mol. The minimum atomic E-state index is -0.101. The second-order valence-electron chi connectivity index (χ2n) is 4.90. The Balaban J connectivity index is 2.21. The number of carbonyl (C=O) groups excluding carboxylic acids is 1. The number of hydrogen-bond donors (Lipinski definition) is 2. The summed E-state index contributed by atoms with van der Waals surface area (Å²) in [6.07, 6.45) is 0. The fourth-order valence-corrected chi connectivity index (χ4v) is 2.93. The number of aryl methyl sites for hydroxylation is 3. The van der Waals surface area contributed by atoms with Crippen LogP contribution >= 0.6 is 11.3 Å². The second-order valence-corrected chi connectivity index (χ2v) is 5.95. The fraction of sp³-hybridized carbons (Fsp3) is 0.235. The van der Waals surface area contributed by atoms with Gasteiger partial charge in [0.15, 0.2) is 0 Å². The number of amides is 1. The Morgan fingerprint density at radius 2 is 2.00 bits per heavy atom. The molecule has 4 heteroatoms. The maximum atomic E-state index is 12.3. The largest absolute Gasteiger partial charge is 0.321 e. The molecule has 1 aromatic heterocycles. The van der Waals surface area contributed by atoms with Crippen LogP contribution in [0.5, 0.6) is 0 Å². The summed E-state index contributed by atoms with van der Waals surface area (Å²) in [5, 5.41) is 2.95. The standard InChI is InChI=1S/C17H18N2OS/c1-11-6-7-14(12(2)9-11)19-17(20)16-10-13(3)15(21-16)5-4-8-18/h6-7,9-10H,8,18H2,1-3H3,(H,19,20). The lowest BCUT2D eigenvalue weighted by atomic mass is 10.1. The molecule has 3 nitrogen and oxygen atoms in total. The van der Waals surface area contributed by atoms with Crippen LogP contribution in [0.25, 0.3) is 0 Å². The highest BCUT2D eigenvalue weighted by molar-refractivity contribution is 7.14. The molecule has 0 saturated heterocycles. The van der Waals surface area contributed by atoms with E-state index in [9.17, 15) is 4.79 Å². The first-order chi connectivity index (χ1) is 10.0. The summed E-state index contributed by atoms with van der Waals surface area (Å²) in [6, 6.07) is 7.83. The van der Waals surface area contributed by atoms with E-state index in [-0.39, 0.29) is 5.91 Å². The van der Waals surface area contributed by atoms with Gasteiger partial charge in [-0.3, -0.25) is 4.79 Å². The predicted molar refractivity (Wildman–Crippen MR) is 88.9 cm³/mol. The first-order valence-electron chi connectivity index (χ1n) is 6.69. The average molecular weight is 298 g/mol. The van der Waals surface area contributed by atoms with Gasteiger partial charge in [-0.05, 0) is 44.0 Å². The van der Waals surface area contributed by atoms with Gasteiger partial charge >= 0.3 is 0 Å². The summed E-state index contributed by atoms with van der Waals surface area (Å²) in [4.78, 5) is 13.9. The third kappa shape index (κ3) is 3.72. The Morgan fingerprint density at radius 3 is 2.67 bits per heavy atom. The summed E-state index contributed by atoms with van der Waals surface area (Å²) in [5.41, 5.74) is 9.45. The van der Waals surface area contributed by atoms with Crippen molar-refractivity contribution in [1.29, 1.82) is 0 Å². The number of nitrogens with one attached hydrogen (secondary N) is 1. The quantitative estimate of drug-likeness (QED) is 0.836. The van der Waals surface area contributed by atoms with Crippen molar-refractivity contribution in [3.05, 3.63) is 50.7 Å². The zero-order valence-corrected chi connectivity index (χ0v) is 13.2. The molecule has 0 radical (unpaired) electrons. The molecule has 108 valence electrons. The molecule has 0 aliphatic heterocycles. The molecule has 0 spiro atoms. The lowest BCUT2D eigenvalue weighted by Crippen LogP contribution is -2.11. The summed E-state index contributed by atoms with van der Waals surface area (Å²) < 4.78 is 0. The summed E-state index contributed by atoms with van der Waals surface area (Å²) in [7, 11) is 0. The van der Waals surface area contributed by atoms with Gasteiger partial charge in [-0.25, -0.2) is 0 Å². The Morgan fingerprint density at radius 1 is 1.24 bits per heavy atom. The minimum Gasteiger partial charge on any atom is -0.321 e. The van der Waals surface area contributed by atoms with Crippen LogP contribution in [-0.4, -0.2) is 12.5 Å². The molecule has 0 aliphatic rings. The predicted octanol–water partition coefficient (Wildman–Crippen LogP) is 3.24. The Hall–Kier alpha value is -2.09. The van der Waals surface area contributed by atoms with Crippen LogP contribution in [0, 0.1) is 32.6 Å². The third-order valence-corrected chi connectivity index (χ3v) is 4.23. The van der Waals surface area contributed by atoms with Crippen LogP contribution < -0.4 is 11.1 Å². The zero-order valence-electron chi connectivity index (χ0n) is 12.4. The lowest BCUT2D eigenvalue weighted by Gasteiger charge is -2.07. The topological polar surface area (TPSA) is 55.1 Å². The van der Waals surface area contributed by atoms with Crippen molar-refractivity contribution in [2.45, 2.75) is 20.8 Å². The van der Waals surface area contributed by atoms with Crippen molar-refractivity contribution in [2.24, 2.45) is 5.73 Å². The molecule has 0 saturated carbocycles. The number of anilines is 1. The van der Waals surface area contributed by atoms with Crippen LogP contribution in [-0.2, 0) is 0 Å². The maximum Gasteiger partial charge on any atom is 0.265 e. The number of nitrogens with two attached hydrogens (primary N) is 1. The maximum absolute atomic E-state index is 12.3. The molecule has 3 N–H and O–H groups in total. The van der Waals surface area contributed by atoms with E-state index < -0.39 is 0 Å². The van der Waals surface area contributed by atoms with Crippen LogP contribution in [0.4, 0.5) is 5.69 Å². The normalized spacial score (nSPS) is 9.90. The molecule has 1 aromatic carbocycles. The van der Waals surface area contributed by atoms with E-state index in [1.165, 1.54) is 16.9 Å². The third-order valence-electron chi connectivity index (χ3n) is 3.08. The van der Waals surface area contributed by atoms with Crippen LogP contribution in [0.3, 0.4) is 0 Å². The van der Waals surface area contributed by atoms with Crippen LogP contribution in [0.2, 0.25) is 0 Å². The Kier molecular flexibility index (Phi) is 4.79. The van der Waals surface area contributed by atoms with E-state index in [2.05, 4.69) is 17.2 Å². The molecule has 1 heterocycles. The molecule has 0 fully saturated rings. The van der Waals surface area contributed by atoms with Gasteiger partial charge in [-0.15, -0.1) is 11.3 Å². The van der Waals surface area contributed by atoms with Crippen molar-refractivity contribution in [1.82, 2.24) is 0 Å². The van der Waals surface area contributed by atoms with Gasteiger partial charge in [-0.1, -0.05) is 29.5 Å². The fourth-order valence-electron chi connectivity index (χ4n) is 1.99. The van der Waals surface area contributed by atoms with Gasteiger partial charge in [0.1, 0.15) is 0 Å². The number of thiophene rings is 1. The summed E-state index contributed by atoms with van der Waals surface area (Å²) >= 11 is 1.39. The van der Waals surface area contributed by atoms with Crippen molar-refractivity contribution in [3.8, 4) is 11.8 Å². The van der Waals surface area contributed by atoms with Crippen molar-refractivity contribution < 1.29 is 4.79 Å². The van der Waals surface area contributed by atoms with Crippen LogP contribution in [0.15, 0.2) is 24.3 Å². The van der Waals surface area contributed by atoms with E-state index in [0.717, 1.165) is 21.7 Å².